The molecular formula is C46H60N4O5. The van der Waals surface area contributed by atoms with E-state index in [1.54, 1.807) is 26.0 Å². The zero-order valence-corrected chi connectivity index (χ0v) is 33.8. The standard InChI is InChI=1S/C24H37NO2.C14H13N3O.C8H10O2/c1-4-7-8-9-10-14-20-27-24(26)23(18-15-19-25(5-2)6-3)21-22-16-12-11-13-17-22;1-9-7-10(2)14(18)13(8-9)17-15-11-5-3-4-6-12(11)16(15)17;1-5-3-8(10)6(2)4-7(5)9/h11-13,15-19H,4-10,14,20-21H2,1-3H3;3-8,18H,1-2H3;3-4,9-10H,1-2H3/b19-15+,23-18-;;. The van der Waals surface area contributed by atoms with Gasteiger partial charge in [-0.05, 0) is 118 Å². The van der Waals surface area contributed by atoms with Crippen LogP contribution in [-0.2, 0) is 16.0 Å². The molecule has 0 fully saturated rings. The highest BCUT2D eigenvalue weighted by molar-refractivity contribution is 5.89. The number of fused-ring (bicyclic) bond motifs is 4. The largest absolute Gasteiger partial charge is 0.508 e. The van der Waals surface area contributed by atoms with E-state index >= 15 is 0 Å². The number of benzene rings is 4. The minimum atomic E-state index is -0.198. The number of esters is 1. The average Bonchev–Trinajstić information content (AvgIpc) is 3.84. The van der Waals surface area contributed by atoms with Crippen molar-refractivity contribution in [3.8, 4) is 22.9 Å². The summed E-state index contributed by atoms with van der Waals surface area (Å²) in [5.74, 6) is 0.614. The molecule has 9 nitrogen and oxygen atoms in total. The van der Waals surface area contributed by atoms with E-state index in [1.165, 1.54) is 36.7 Å². The van der Waals surface area contributed by atoms with Gasteiger partial charge in [-0.3, -0.25) is 0 Å². The van der Waals surface area contributed by atoms with Crippen molar-refractivity contribution in [2.24, 2.45) is 0 Å². The zero-order valence-electron chi connectivity index (χ0n) is 33.8. The smallest absolute Gasteiger partial charge is 0.334 e. The Bertz CT molecular complexity index is 2040. The summed E-state index contributed by atoms with van der Waals surface area (Å²) in [4.78, 5) is 16.7. The van der Waals surface area contributed by atoms with Gasteiger partial charge in [-0.1, -0.05) is 93.6 Å². The molecule has 0 spiro atoms. The van der Waals surface area contributed by atoms with Gasteiger partial charge in [0.25, 0.3) is 0 Å². The van der Waals surface area contributed by atoms with Gasteiger partial charge in [0.05, 0.1) is 6.61 Å². The highest BCUT2D eigenvalue weighted by Gasteiger charge is 2.25. The van der Waals surface area contributed by atoms with E-state index in [1.807, 2.05) is 101 Å². The number of unbranched alkanes of at least 4 members (excludes halogenated alkanes) is 5. The molecule has 55 heavy (non-hydrogen) atoms. The predicted molar refractivity (Wildman–Crippen MR) is 224 cm³/mol. The summed E-state index contributed by atoms with van der Waals surface area (Å²) in [6.07, 6.45) is 13.6. The first-order chi connectivity index (χ1) is 26.5. The maximum Gasteiger partial charge on any atom is 0.334 e. The molecule has 6 aromatic rings. The molecule has 0 saturated heterocycles. The van der Waals surface area contributed by atoms with Crippen molar-refractivity contribution in [2.45, 2.75) is 93.4 Å². The van der Waals surface area contributed by atoms with Crippen molar-refractivity contribution in [2.75, 3.05) is 19.7 Å². The minimum absolute atomic E-state index is 0.198. The molecule has 0 amide bonds. The molecule has 294 valence electrons. The normalized spacial score (nSPS) is 11.5. The number of phenols is 3. The molecule has 0 bridgehead atoms. The molecule has 2 aromatic heterocycles. The van der Waals surface area contributed by atoms with Crippen LogP contribution in [0.5, 0.6) is 17.2 Å². The fourth-order valence-electron chi connectivity index (χ4n) is 6.24. The van der Waals surface area contributed by atoms with Crippen molar-refractivity contribution >= 4 is 17.0 Å². The third-order valence-electron chi connectivity index (χ3n) is 9.61. The van der Waals surface area contributed by atoms with E-state index in [-0.39, 0.29) is 17.5 Å². The number of ether oxygens (including phenoxy) is 1. The molecule has 4 aromatic carbocycles. The summed E-state index contributed by atoms with van der Waals surface area (Å²) in [7, 11) is 0. The zero-order chi connectivity index (χ0) is 39.9. The minimum Gasteiger partial charge on any atom is -0.508 e. The van der Waals surface area contributed by atoms with E-state index < -0.39 is 0 Å². The van der Waals surface area contributed by atoms with Crippen LogP contribution in [0.3, 0.4) is 0 Å². The van der Waals surface area contributed by atoms with Crippen molar-refractivity contribution in [1.82, 2.24) is 19.0 Å². The average molecular weight is 749 g/mol. The molecule has 0 aliphatic carbocycles. The number of hydrogen-bond donors (Lipinski definition) is 3. The van der Waals surface area contributed by atoms with Crippen molar-refractivity contribution < 1.29 is 24.9 Å². The van der Waals surface area contributed by atoms with E-state index in [2.05, 4.69) is 37.8 Å². The van der Waals surface area contributed by atoms with Gasteiger partial charge in [0.2, 0.25) is 0 Å². The summed E-state index contributed by atoms with van der Waals surface area (Å²) in [6, 6.07) is 25.4. The Morgan fingerprint density at radius 3 is 1.85 bits per heavy atom. The molecule has 0 saturated carbocycles. The first-order valence-electron chi connectivity index (χ1n) is 19.6. The number of hydrogen-bond acceptors (Lipinski definition) is 6. The molecule has 0 aliphatic rings. The second-order valence-corrected chi connectivity index (χ2v) is 14.1. The lowest BCUT2D eigenvalue weighted by Gasteiger charge is -2.14. The quantitative estimate of drug-likeness (QED) is 0.0318. The maximum atomic E-state index is 12.6. The molecule has 0 atom stereocenters. The second kappa shape index (κ2) is 20.8. The fraction of sp³-hybridized carbons (Fsp3) is 0.370. The maximum absolute atomic E-state index is 12.6. The molecular weight excluding hydrogens is 689 g/mol. The van der Waals surface area contributed by atoms with Crippen LogP contribution in [0, 0.1) is 27.7 Å². The van der Waals surface area contributed by atoms with E-state index in [4.69, 9.17) is 14.9 Å². The SMILES string of the molecule is CCCCCCCCOC(=O)/C(=C\C=C\N(CC)CC)Cc1ccccc1.Cc1cc(C)c(O)c(-n2n3c4ccccc4n23)c1.Cc1cc(O)c(C)cc1O. The van der Waals surface area contributed by atoms with Gasteiger partial charge in [0, 0.05) is 25.1 Å². The number of aromatic hydroxyl groups is 3. The molecule has 6 rings (SSSR count). The van der Waals surface area contributed by atoms with Crippen LogP contribution in [0.15, 0.2) is 103 Å². The number of carbonyl (C=O) groups is 1. The fourth-order valence-corrected chi connectivity index (χ4v) is 6.24. The molecule has 3 N–H and O–H groups in total. The number of nitrogens with zero attached hydrogens (tertiary/aromatic N) is 4. The monoisotopic (exact) mass is 748 g/mol. The third kappa shape index (κ3) is 11.7. The first kappa shape index (κ1) is 42.2. The Hall–Kier alpha value is -5.57. The highest BCUT2D eigenvalue weighted by Crippen LogP contribution is 2.33. The number of aryl methyl sites for hydroxylation is 4. The van der Waals surface area contributed by atoms with E-state index in [9.17, 15) is 9.90 Å². The first-order valence-corrected chi connectivity index (χ1v) is 19.6. The third-order valence-corrected chi connectivity index (χ3v) is 9.61. The Balaban J connectivity index is 0.000000203. The summed E-state index contributed by atoms with van der Waals surface area (Å²) in [6.45, 7) is 16.3. The summed E-state index contributed by atoms with van der Waals surface area (Å²) >= 11 is 0. The van der Waals surface area contributed by atoms with Crippen molar-refractivity contribution in [3.05, 3.63) is 131 Å². The van der Waals surface area contributed by atoms with Gasteiger partial charge in [-0.25, -0.2) is 4.79 Å². The van der Waals surface area contributed by atoms with Crippen molar-refractivity contribution in [1.29, 1.82) is 0 Å². The highest BCUT2D eigenvalue weighted by atomic mass is 16.5. The van der Waals surface area contributed by atoms with Crippen LogP contribution in [-0.4, -0.2) is 59.9 Å². The Morgan fingerprint density at radius 2 is 1.27 bits per heavy atom. The van der Waals surface area contributed by atoms with Gasteiger partial charge >= 0.3 is 5.97 Å². The Morgan fingerprint density at radius 1 is 0.709 bits per heavy atom. The van der Waals surface area contributed by atoms with Crippen LogP contribution in [0.25, 0.3) is 16.7 Å². The van der Waals surface area contributed by atoms with E-state index in [0.29, 0.717) is 35.5 Å². The number of rotatable bonds is 15. The van der Waals surface area contributed by atoms with Gasteiger partial charge in [-0.2, -0.15) is 0 Å². The molecule has 0 aliphatic heterocycles. The number of para-hydroxylation sites is 2. The predicted octanol–water partition coefficient (Wildman–Crippen LogP) is 10.4. The number of aromatic nitrogens is 3. The number of carbonyl (C=O) groups excluding carboxylic acids is 1. The summed E-state index contributed by atoms with van der Waals surface area (Å²) in [5, 5.41) is 28.4. The Labute approximate surface area is 326 Å². The molecule has 0 unspecified atom stereocenters. The van der Waals surface area contributed by atoms with Gasteiger partial charge < -0.3 is 25.0 Å². The summed E-state index contributed by atoms with van der Waals surface area (Å²) < 4.78 is 9.63. The van der Waals surface area contributed by atoms with Crippen LogP contribution >= 0.6 is 0 Å². The van der Waals surface area contributed by atoms with Crippen LogP contribution in [0.2, 0.25) is 0 Å². The van der Waals surface area contributed by atoms with E-state index in [0.717, 1.165) is 48.3 Å². The lowest BCUT2D eigenvalue weighted by atomic mass is 10.0. The summed E-state index contributed by atoms with van der Waals surface area (Å²) in [5.41, 5.74) is 8.47. The van der Waals surface area contributed by atoms with Crippen LogP contribution in [0.1, 0.15) is 87.1 Å². The lowest BCUT2D eigenvalue weighted by Crippen LogP contribution is -2.15. The molecule has 2 heterocycles. The van der Waals surface area contributed by atoms with Gasteiger partial charge in [0.1, 0.15) is 34.0 Å². The molecule has 0 radical (unpaired) electrons. The van der Waals surface area contributed by atoms with Gasteiger partial charge in [0.15, 0.2) is 0 Å². The molecule has 9 heteroatoms. The number of phenolic OH excluding ortho intramolecular Hbond substituents is 3. The topological polar surface area (TPSA) is 104 Å². The van der Waals surface area contributed by atoms with Crippen LogP contribution in [0.4, 0.5) is 0 Å². The second-order valence-electron chi connectivity index (χ2n) is 14.1. The van der Waals surface area contributed by atoms with Gasteiger partial charge in [-0.15, -0.1) is 14.1 Å². The van der Waals surface area contributed by atoms with Crippen molar-refractivity contribution in [3.63, 3.8) is 0 Å². The Kier molecular flexibility index (Phi) is 15.9. The van der Waals surface area contributed by atoms with Crippen LogP contribution < -0.4 is 0 Å². The number of allylic oxidation sites excluding steroid dienone is 2. The lowest BCUT2D eigenvalue weighted by molar-refractivity contribution is -0.139.